The lowest BCUT2D eigenvalue weighted by molar-refractivity contribution is -0.128. The summed E-state index contributed by atoms with van der Waals surface area (Å²) in [5, 5.41) is 0. The molecular weight excluding hydrogens is 384 g/mol. The second kappa shape index (κ2) is 8.38. The fourth-order valence-electron chi connectivity index (χ4n) is 4.11. The van der Waals surface area contributed by atoms with Gasteiger partial charge in [-0.2, -0.15) is 0 Å². The lowest BCUT2D eigenvalue weighted by atomic mass is 9.95. The predicted octanol–water partition coefficient (Wildman–Crippen LogP) is 5.55. The molecule has 4 heteroatoms. The summed E-state index contributed by atoms with van der Waals surface area (Å²) >= 11 is 0. The molecule has 2 amide bonds. The van der Waals surface area contributed by atoms with Crippen LogP contribution in [-0.2, 0) is 9.59 Å². The smallest absolute Gasteiger partial charge is 0.255 e. The highest BCUT2D eigenvalue weighted by Gasteiger charge is 2.42. The Bertz CT molecular complexity index is 1100. The van der Waals surface area contributed by atoms with E-state index in [-0.39, 0.29) is 18.4 Å². The van der Waals surface area contributed by atoms with Crippen LogP contribution in [0.15, 0.2) is 72.8 Å². The summed E-state index contributed by atoms with van der Waals surface area (Å²) in [4.78, 5) is 30.5. The van der Waals surface area contributed by atoms with Crippen LogP contribution in [0.4, 0.5) is 11.4 Å². The fourth-order valence-corrected chi connectivity index (χ4v) is 4.11. The zero-order chi connectivity index (χ0) is 22.1. The van der Waals surface area contributed by atoms with Gasteiger partial charge in [0.1, 0.15) is 12.6 Å². The summed E-state index contributed by atoms with van der Waals surface area (Å²) < 4.78 is 0. The molecule has 1 saturated heterocycles. The molecule has 4 nitrogen and oxygen atoms in total. The Hall–Kier alpha value is -3.40. The number of piperazine rings is 1. The first-order valence-electron chi connectivity index (χ1n) is 10.7. The maximum atomic E-state index is 13.8. The quantitative estimate of drug-likeness (QED) is 0.564. The van der Waals surface area contributed by atoms with Gasteiger partial charge in [-0.15, -0.1) is 0 Å². The first-order valence-corrected chi connectivity index (χ1v) is 10.7. The van der Waals surface area contributed by atoms with E-state index in [4.69, 9.17) is 0 Å². The summed E-state index contributed by atoms with van der Waals surface area (Å²) in [6.45, 7) is 8.28. The Morgan fingerprint density at radius 1 is 0.839 bits per heavy atom. The lowest BCUT2D eigenvalue weighted by Gasteiger charge is -2.41. The molecule has 0 N–H and O–H groups in total. The van der Waals surface area contributed by atoms with Crippen molar-refractivity contribution in [3.63, 3.8) is 0 Å². The predicted molar refractivity (Wildman–Crippen MR) is 125 cm³/mol. The number of amides is 2. The number of hydrogen-bond acceptors (Lipinski definition) is 2. The SMILES string of the molecule is Cc1ccc(N2C(=O)CN(c3ccccc3C)C(=O)C2c2ccc(C(C)C)cc2)cc1. The van der Waals surface area contributed by atoms with E-state index in [2.05, 4.69) is 26.0 Å². The molecular formula is C27H28N2O2. The molecule has 3 aromatic carbocycles. The fraction of sp³-hybridized carbons (Fsp3) is 0.259. The van der Waals surface area contributed by atoms with Crippen molar-refractivity contribution in [2.75, 3.05) is 16.3 Å². The number of carbonyl (C=O) groups is 2. The van der Waals surface area contributed by atoms with Crippen LogP contribution in [0.1, 0.15) is 48.1 Å². The van der Waals surface area contributed by atoms with E-state index < -0.39 is 6.04 Å². The minimum Gasteiger partial charge on any atom is -0.301 e. The Kier molecular flexibility index (Phi) is 5.64. The second-order valence-corrected chi connectivity index (χ2v) is 8.53. The minimum absolute atomic E-state index is 0.0259. The standard InChI is InChI=1S/C27H28N2O2/c1-18(2)21-11-13-22(14-12-21)26-27(31)28(24-8-6-5-7-20(24)4)17-25(30)29(26)23-15-9-19(3)10-16-23/h5-16,18,26H,17H2,1-4H3. The Morgan fingerprint density at radius 2 is 1.48 bits per heavy atom. The van der Waals surface area contributed by atoms with E-state index in [1.807, 2.05) is 74.5 Å². The third-order valence-electron chi connectivity index (χ3n) is 5.96. The summed E-state index contributed by atoms with van der Waals surface area (Å²) in [5.41, 5.74) is 5.64. The number of para-hydroxylation sites is 1. The van der Waals surface area contributed by atoms with Crippen molar-refractivity contribution in [1.29, 1.82) is 0 Å². The highest BCUT2D eigenvalue weighted by molar-refractivity contribution is 6.14. The Morgan fingerprint density at radius 3 is 2.10 bits per heavy atom. The van der Waals surface area contributed by atoms with E-state index >= 15 is 0 Å². The molecule has 1 fully saturated rings. The lowest BCUT2D eigenvalue weighted by Crippen LogP contribution is -2.56. The van der Waals surface area contributed by atoms with E-state index in [1.165, 1.54) is 5.56 Å². The van der Waals surface area contributed by atoms with Gasteiger partial charge in [0.05, 0.1) is 0 Å². The third-order valence-corrected chi connectivity index (χ3v) is 5.96. The number of rotatable bonds is 4. The monoisotopic (exact) mass is 412 g/mol. The minimum atomic E-state index is -0.704. The van der Waals surface area contributed by atoms with Crippen molar-refractivity contribution in [2.24, 2.45) is 0 Å². The molecule has 158 valence electrons. The molecule has 0 bridgehead atoms. The molecule has 3 aromatic rings. The summed E-state index contributed by atoms with van der Waals surface area (Å²) in [7, 11) is 0. The Labute approximate surface area is 184 Å². The normalized spacial score (nSPS) is 16.9. The van der Waals surface area contributed by atoms with Gasteiger partial charge >= 0.3 is 0 Å². The number of aryl methyl sites for hydroxylation is 2. The molecule has 1 aliphatic heterocycles. The van der Waals surface area contributed by atoms with Crippen LogP contribution in [-0.4, -0.2) is 18.4 Å². The van der Waals surface area contributed by atoms with Crippen molar-refractivity contribution < 1.29 is 9.59 Å². The number of benzene rings is 3. The van der Waals surface area contributed by atoms with Crippen molar-refractivity contribution >= 4 is 23.2 Å². The maximum Gasteiger partial charge on any atom is 0.255 e. The van der Waals surface area contributed by atoms with Crippen molar-refractivity contribution in [1.82, 2.24) is 0 Å². The Balaban J connectivity index is 1.81. The molecule has 0 spiro atoms. The van der Waals surface area contributed by atoms with Gasteiger partial charge in [-0.05, 0) is 54.7 Å². The van der Waals surface area contributed by atoms with Gasteiger partial charge in [0, 0.05) is 11.4 Å². The number of carbonyl (C=O) groups excluding carboxylic acids is 2. The van der Waals surface area contributed by atoms with Crippen LogP contribution < -0.4 is 9.80 Å². The third kappa shape index (κ3) is 3.98. The number of nitrogens with zero attached hydrogens (tertiary/aromatic N) is 2. The van der Waals surface area contributed by atoms with E-state index in [9.17, 15) is 9.59 Å². The van der Waals surface area contributed by atoms with E-state index in [0.717, 1.165) is 28.1 Å². The molecule has 1 atom stereocenters. The van der Waals surface area contributed by atoms with Gasteiger partial charge in [0.15, 0.2) is 0 Å². The number of anilines is 2. The molecule has 0 aromatic heterocycles. The topological polar surface area (TPSA) is 40.6 Å². The summed E-state index contributed by atoms with van der Waals surface area (Å²) in [6, 6.07) is 22.8. The van der Waals surface area contributed by atoms with Crippen molar-refractivity contribution in [3.8, 4) is 0 Å². The van der Waals surface area contributed by atoms with Gasteiger partial charge < -0.3 is 4.90 Å². The zero-order valence-electron chi connectivity index (χ0n) is 18.5. The highest BCUT2D eigenvalue weighted by atomic mass is 16.2. The van der Waals surface area contributed by atoms with E-state index in [1.54, 1.807) is 9.80 Å². The van der Waals surface area contributed by atoms with Crippen LogP contribution >= 0.6 is 0 Å². The maximum absolute atomic E-state index is 13.8. The molecule has 1 aliphatic rings. The van der Waals surface area contributed by atoms with Crippen LogP contribution in [0.25, 0.3) is 0 Å². The summed E-state index contributed by atoms with van der Waals surface area (Å²) in [5.74, 6) is 0.214. The molecule has 31 heavy (non-hydrogen) atoms. The molecule has 0 radical (unpaired) electrons. The van der Waals surface area contributed by atoms with Crippen LogP contribution in [0, 0.1) is 13.8 Å². The van der Waals surface area contributed by atoms with Gasteiger partial charge in [0.2, 0.25) is 5.91 Å². The zero-order valence-corrected chi connectivity index (χ0v) is 18.5. The molecule has 1 heterocycles. The van der Waals surface area contributed by atoms with Gasteiger partial charge in [-0.1, -0.05) is 74.0 Å². The molecule has 1 unspecified atom stereocenters. The largest absolute Gasteiger partial charge is 0.301 e. The highest BCUT2D eigenvalue weighted by Crippen LogP contribution is 2.36. The summed E-state index contributed by atoms with van der Waals surface area (Å²) in [6.07, 6.45) is 0. The van der Waals surface area contributed by atoms with Crippen molar-refractivity contribution in [2.45, 2.75) is 39.7 Å². The molecule has 0 saturated carbocycles. The average molecular weight is 413 g/mol. The van der Waals surface area contributed by atoms with Gasteiger partial charge in [-0.3, -0.25) is 14.5 Å². The van der Waals surface area contributed by atoms with Crippen molar-refractivity contribution in [3.05, 3.63) is 95.1 Å². The van der Waals surface area contributed by atoms with Crippen LogP contribution in [0.2, 0.25) is 0 Å². The molecule has 4 rings (SSSR count). The second-order valence-electron chi connectivity index (χ2n) is 8.53. The average Bonchev–Trinajstić information content (AvgIpc) is 2.76. The molecule has 0 aliphatic carbocycles. The van der Waals surface area contributed by atoms with E-state index in [0.29, 0.717) is 5.92 Å². The first-order chi connectivity index (χ1) is 14.9. The number of hydrogen-bond donors (Lipinski definition) is 0. The van der Waals surface area contributed by atoms with Crippen LogP contribution in [0.5, 0.6) is 0 Å². The van der Waals surface area contributed by atoms with Crippen LogP contribution in [0.3, 0.4) is 0 Å². The first kappa shape index (κ1) is 20.9. The van der Waals surface area contributed by atoms with Gasteiger partial charge in [-0.25, -0.2) is 0 Å². The van der Waals surface area contributed by atoms with Gasteiger partial charge in [0.25, 0.3) is 5.91 Å².